The normalized spacial score (nSPS) is 16.8. The van der Waals surface area contributed by atoms with Crippen LogP contribution in [0, 0.1) is 24.2 Å². The number of carboxylic acid groups (broad SMARTS) is 1. The third kappa shape index (κ3) is 5.48. The summed E-state index contributed by atoms with van der Waals surface area (Å²) in [6, 6.07) is 9.61. The van der Waals surface area contributed by atoms with Crippen LogP contribution in [-0.2, 0) is 14.9 Å². The third-order valence-corrected chi connectivity index (χ3v) is 4.83. The Labute approximate surface area is 168 Å². The number of likely N-dealkylation sites (tertiary alicyclic amines) is 1. The summed E-state index contributed by atoms with van der Waals surface area (Å²) in [6.07, 6.45) is 0.402. The first-order chi connectivity index (χ1) is 13.1. The quantitative estimate of drug-likeness (QED) is 0.822. The average Bonchev–Trinajstić information content (AvgIpc) is 2.62. The fraction of sp³-hybridized carbons (Fsp3) is 0.591. The molecule has 0 radical (unpaired) electrons. The summed E-state index contributed by atoms with van der Waals surface area (Å²) < 4.78 is 5.41. The first kappa shape index (κ1) is 23.5. The van der Waals surface area contributed by atoms with E-state index in [9.17, 15) is 20.0 Å². The van der Waals surface area contributed by atoms with Gasteiger partial charge in [0, 0.05) is 18.5 Å². The minimum absolute atomic E-state index is 0.355. The maximum absolute atomic E-state index is 12.3. The Morgan fingerprint density at radius 2 is 1.82 bits per heavy atom. The number of rotatable bonds is 3. The van der Waals surface area contributed by atoms with Crippen molar-refractivity contribution in [2.75, 3.05) is 13.1 Å². The Bertz CT molecular complexity index is 723. The van der Waals surface area contributed by atoms with E-state index >= 15 is 0 Å². The summed E-state index contributed by atoms with van der Waals surface area (Å²) in [7, 11) is 0. The lowest BCUT2D eigenvalue weighted by atomic mass is 9.64. The van der Waals surface area contributed by atoms with E-state index in [1.54, 1.807) is 4.90 Å². The van der Waals surface area contributed by atoms with Crippen LogP contribution in [0.25, 0.3) is 0 Å². The summed E-state index contributed by atoms with van der Waals surface area (Å²) >= 11 is 0. The molecule has 0 aromatic heterocycles. The number of carbonyl (C=O) groups is 2. The Balaban J connectivity index is 0.00000190. The number of benzene rings is 1. The molecule has 1 fully saturated rings. The second-order valence-corrected chi connectivity index (χ2v) is 7.89. The summed E-state index contributed by atoms with van der Waals surface area (Å²) in [5, 5.41) is 19.2. The van der Waals surface area contributed by atoms with Crippen LogP contribution in [0.1, 0.15) is 58.6 Å². The van der Waals surface area contributed by atoms with Gasteiger partial charge in [0.25, 0.3) is 0 Å². The predicted octanol–water partition coefficient (Wildman–Crippen LogP) is 4.51. The molecule has 1 N–H and O–H groups in total. The monoisotopic (exact) mass is 388 g/mol. The van der Waals surface area contributed by atoms with E-state index in [-0.39, 0.29) is 0 Å². The number of nitriles is 1. The molecule has 1 aliphatic heterocycles. The Kier molecular flexibility index (Phi) is 8.04. The molecule has 6 heteroatoms. The van der Waals surface area contributed by atoms with Gasteiger partial charge in [-0.05, 0) is 46.1 Å². The summed E-state index contributed by atoms with van der Waals surface area (Å²) in [5.74, 6) is -2.29. The number of piperidine rings is 1. The topological polar surface area (TPSA) is 90.6 Å². The molecule has 1 saturated heterocycles. The van der Waals surface area contributed by atoms with E-state index < -0.39 is 29.0 Å². The molecule has 1 aromatic rings. The van der Waals surface area contributed by atoms with E-state index in [1.165, 1.54) is 0 Å². The van der Waals surface area contributed by atoms with Crippen molar-refractivity contribution in [1.29, 1.82) is 5.26 Å². The van der Waals surface area contributed by atoms with Crippen molar-refractivity contribution in [1.82, 2.24) is 4.90 Å². The summed E-state index contributed by atoms with van der Waals surface area (Å²) in [6.45, 7) is 12.1. The fourth-order valence-corrected chi connectivity index (χ4v) is 3.53. The van der Waals surface area contributed by atoms with Gasteiger partial charge in [-0.2, -0.15) is 5.26 Å². The second-order valence-electron chi connectivity index (χ2n) is 7.89. The van der Waals surface area contributed by atoms with Crippen molar-refractivity contribution < 1.29 is 19.4 Å². The molecule has 1 unspecified atom stereocenters. The lowest BCUT2D eigenvalue weighted by molar-refractivity contribution is -0.142. The van der Waals surface area contributed by atoms with E-state index in [4.69, 9.17) is 4.74 Å². The molecule has 1 amide bonds. The van der Waals surface area contributed by atoms with Gasteiger partial charge in [-0.1, -0.05) is 43.7 Å². The van der Waals surface area contributed by atoms with Crippen LogP contribution in [0.5, 0.6) is 0 Å². The molecule has 2 rings (SSSR count). The molecular formula is C22H32N2O4. The molecule has 154 valence electrons. The fourth-order valence-electron chi connectivity index (χ4n) is 3.53. The van der Waals surface area contributed by atoms with Crippen LogP contribution in [0.2, 0.25) is 0 Å². The maximum Gasteiger partial charge on any atom is 0.410 e. The molecule has 6 nitrogen and oxygen atoms in total. The molecule has 1 atom stereocenters. The van der Waals surface area contributed by atoms with Gasteiger partial charge in [0.2, 0.25) is 0 Å². The van der Waals surface area contributed by atoms with Crippen LogP contribution in [0.4, 0.5) is 4.79 Å². The SMILES string of the molecule is CC.Cc1cccc(C2(C(C#N)C(=O)O)CCN(C(=O)OC(C)(C)C)CC2)c1. The number of nitrogens with zero attached hydrogens (tertiary/aromatic N) is 2. The second kappa shape index (κ2) is 9.59. The van der Waals surface area contributed by atoms with Gasteiger partial charge in [0.15, 0.2) is 5.92 Å². The Morgan fingerprint density at radius 3 is 2.25 bits per heavy atom. The summed E-state index contributed by atoms with van der Waals surface area (Å²) in [5.41, 5.74) is 0.456. The van der Waals surface area contributed by atoms with Gasteiger partial charge in [-0.25, -0.2) is 4.79 Å². The highest BCUT2D eigenvalue weighted by atomic mass is 16.6. The van der Waals surface area contributed by atoms with Crippen molar-refractivity contribution in [3.63, 3.8) is 0 Å². The molecular weight excluding hydrogens is 356 g/mol. The minimum atomic E-state index is -1.16. The zero-order valence-corrected chi connectivity index (χ0v) is 17.8. The van der Waals surface area contributed by atoms with E-state index in [1.807, 2.05) is 71.9 Å². The van der Waals surface area contributed by atoms with E-state index in [0.29, 0.717) is 25.9 Å². The van der Waals surface area contributed by atoms with Crippen LogP contribution >= 0.6 is 0 Å². The number of hydrogen-bond acceptors (Lipinski definition) is 4. The molecule has 1 aromatic carbocycles. The first-order valence-electron chi connectivity index (χ1n) is 9.76. The Morgan fingerprint density at radius 1 is 1.25 bits per heavy atom. The van der Waals surface area contributed by atoms with Crippen LogP contribution in [0.3, 0.4) is 0 Å². The highest BCUT2D eigenvalue weighted by Gasteiger charge is 2.48. The van der Waals surface area contributed by atoms with Gasteiger partial charge in [0.1, 0.15) is 5.60 Å². The highest BCUT2D eigenvalue weighted by Crippen LogP contribution is 2.42. The highest BCUT2D eigenvalue weighted by molar-refractivity contribution is 5.76. The molecule has 1 aliphatic rings. The number of hydrogen-bond donors (Lipinski definition) is 1. The molecule has 0 saturated carbocycles. The van der Waals surface area contributed by atoms with Crippen molar-refractivity contribution in [3.8, 4) is 6.07 Å². The predicted molar refractivity (Wildman–Crippen MR) is 108 cm³/mol. The number of aryl methyl sites for hydroxylation is 1. The van der Waals surface area contributed by atoms with Crippen LogP contribution in [-0.4, -0.2) is 40.8 Å². The Hall–Kier alpha value is -2.55. The first-order valence-corrected chi connectivity index (χ1v) is 9.76. The number of aliphatic carboxylic acids is 1. The van der Waals surface area contributed by atoms with Gasteiger partial charge < -0.3 is 14.7 Å². The number of amides is 1. The van der Waals surface area contributed by atoms with Gasteiger partial charge >= 0.3 is 12.1 Å². The molecule has 0 spiro atoms. The zero-order chi connectivity index (χ0) is 21.5. The lowest BCUT2D eigenvalue weighted by Crippen LogP contribution is -2.51. The largest absolute Gasteiger partial charge is 0.480 e. The van der Waals surface area contributed by atoms with E-state index in [2.05, 4.69) is 0 Å². The van der Waals surface area contributed by atoms with E-state index in [0.717, 1.165) is 11.1 Å². The standard InChI is InChI=1S/C20H26N2O4.C2H6/c1-14-6-5-7-15(12-14)20(16(13-21)17(23)24)8-10-22(11-9-20)18(25)26-19(2,3)4;1-2/h5-7,12,16H,8-11H2,1-4H3,(H,23,24);1-2H3. The summed E-state index contributed by atoms with van der Waals surface area (Å²) in [4.78, 5) is 25.7. The number of carbonyl (C=O) groups excluding carboxylic acids is 1. The van der Waals surface area contributed by atoms with Gasteiger partial charge in [-0.3, -0.25) is 4.79 Å². The van der Waals surface area contributed by atoms with Gasteiger partial charge in [-0.15, -0.1) is 0 Å². The van der Waals surface area contributed by atoms with Crippen LogP contribution < -0.4 is 0 Å². The average molecular weight is 389 g/mol. The number of ether oxygens (including phenoxy) is 1. The zero-order valence-electron chi connectivity index (χ0n) is 17.8. The molecule has 1 heterocycles. The molecule has 0 aliphatic carbocycles. The van der Waals surface area contributed by atoms with Crippen molar-refractivity contribution in [2.45, 2.75) is 65.4 Å². The van der Waals surface area contributed by atoms with Crippen molar-refractivity contribution in [3.05, 3.63) is 35.4 Å². The number of carboxylic acids is 1. The lowest BCUT2D eigenvalue weighted by Gasteiger charge is -2.43. The van der Waals surface area contributed by atoms with Crippen LogP contribution in [0.15, 0.2) is 24.3 Å². The molecule has 28 heavy (non-hydrogen) atoms. The third-order valence-electron chi connectivity index (χ3n) is 4.83. The smallest absolute Gasteiger partial charge is 0.410 e. The van der Waals surface area contributed by atoms with Crippen molar-refractivity contribution in [2.24, 2.45) is 5.92 Å². The van der Waals surface area contributed by atoms with Gasteiger partial charge in [0.05, 0.1) is 6.07 Å². The van der Waals surface area contributed by atoms with Crippen molar-refractivity contribution >= 4 is 12.1 Å². The molecule has 0 bridgehead atoms. The minimum Gasteiger partial charge on any atom is -0.480 e. The maximum atomic E-state index is 12.3.